The number of benzene rings is 1. The van der Waals surface area contributed by atoms with E-state index in [-0.39, 0.29) is 11.5 Å². The number of aromatic nitrogens is 2. The van der Waals surface area contributed by atoms with Crippen molar-refractivity contribution in [1.82, 2.24) is 9.61 Å². The third-order valence-electron chi connectivity index (χ3n) is 6.38. The van der Waals surface area contributed by atoms with Crippen LogP contribution in [-0.2, 0) is 0 Å². The summed E-state index contributed by atoms with van der Waals surface area (Å²) in [5.41, 5.74) is 10.1. The van der Waals surface area contributed by atoms with E-state index in [0.29, 0.717) is 11.5 Å². The maximum atomic E-state index is 12.1. The van der Waals surface area contributed by atoms with Crippen molar-refractivity contribution in [3.63, 3.8) is 0 Å². The number of primary amides is 1. The lowest BCUT2D eigenvalue weighted by Gasteiger charge is -2.33. The Morgan fingerprint density at radius 3 is 2.59 bits per heavy atom. The van der Waals surface area contributed by atoms with Gasteiger partial charge < -0.3 is 11.1 Å². The van der Waals surface area contributed by atoms with Gasteiger partial charge in [-0.15, -0.1) is 0 Å². The second-order valence-corrected chi connectivity index (χ2v) is 8.22. The van der Waals surface area contributed by atoms with Gasteiger partial charge in [0, 0.05) is 17.8 Å². The van der Waals surface area contributed by atoms with E-state index in [9.17, 15) is 4.79 Å². The minimum atomic E-state index is -0.459. The summed E-state index contributed by atoms with van der Waals surface area (Å²) in [7, 11) is 0. The van der Waals surface area contributed by atoms with Crippen molar-refractivity contribution in [2.24, 2.45) is 17.1 Å². The summed E-state index contributed by atoms with van der Waals surface area (Å²) in [6, 6.07) is 12.5. The Hall–Kier alpha value is -2.82. The zero-order valence-electron chi connectivity index (χ0n) is 16.1. The highest BCUT2D eigenvalue weighted by Gasteiger charge is 2.41. The van der Waals surface area contributed by atoms with Crippen LogP contribution in [-0.4, -0.2) is 21.6 Å². The molecular formula is C22H26N4O. The molecule has 0 aliphatic heterocycles. The average molecular weight is 362 g/mol. The van der Waals surface area contributed by atoms with Gasteiger partial charge in [0.2, 0.25) is 0 Å². The normalized spacial score (nSPS) is 21.4. The molecule has 27 heavy (non-hydrogen) atoms. The minimum Gasteiger partial charge on any atom is -0.379 e. The molecule has 1 aliphatic carbocycles. The molecule has 140 valence electrons. The SMILES string of the molecule is CC1CCC(Nc2c(C(N)=O)cnn3cc(-c4ccccc4)cc23)C1(C)C. The summed E-state index contributed by atoms with van der Waals surface area (Å²) >= 11 is 0. The molecule has 0 saturated heterocycles. The summed E-state index contributed by atoms with van der Waals surface area (Å²) in [5.74, 6) is 0.162. The van der Waals surface area contributed by atoms with Gasteiger partial charge in [-0.1, -0.05) is 51.1 Å². The van der Waals surface area contributed by atoms with Crippen LogP contribution in [0.4, 0.5) is 5.69 Å². The molecule has 2 aromatic heterocycles. The quantitative estimate of drug-likeness (QED) is 0.725. The van der Waals surface area contributed by atoms with Crippen LogP contribution < -0.4 is 11.1 Å². The molecule has 0 spiro atoms. The molecule has 5 nitrogen and oxygen atoms in total. The highest BCUT2D eigenvalue weighted by molar-refractivity contribution is 6.02. The zero-order valence-corrected chi connectivity index (χ0v) is 16.1. The third kappa shape index (κ3) is 2.97. The van der Waals surface area contributed by atoms with Crippen molar-refractivity contribution in [3.8, 4) is 11.1 Å². The maximum absolute atomic E-state index is 12.1. The molecular weight excluding hydrogens is 336 g/mol. The smallest absolute Gasteiger partial charge is 0.252 e. The first-order valence-corrected chi connectivity index (χ1v) is 9.51. The molecule has 3 aromatic rings. The van der Waals surface area contributed by atoms with Crippen molar-refractivity contribution in [2.45, 2.75) is 39.7 Å². The van der Waals surface area contributed by atoms with Crippen molar-refractivity contribution in [1.29, 1.82) is 0 Å². The molecule has 1 fully saturated rings. The highest BCUT2D eigenvalue weighted by Crippen LogP contribution is 2.44. The molecule has 1 aliphatic rings. The number of carbonyl (C=O) groups is 1. The molecule has 0 bridgehead atoms. The summed E-state index contributed by atoms with van der Waals surface area (Å²) in [5, 5.41) is 8.07. The number of nitrogens with zero attached hydrogens (tertiary/aromatic N) is 2. The number of hydrogen-bond acceptors (Lipinski definition) is 3. The molecule has 4 rings (SSSR count). The Morgan fingerprint density at radius 2 is 1.96 bits per heavy atom. The molecule has 3 N–H and O–H groups in total. The second kappa shape index (κ2) is 6.41. The fraction of sp³-hybridized carbons (Fsp3) is 0.364. The summed E-state index contributed by atoms with van der Waals surface area (Å²) in [6.45, 7) is 6.87. The van der Waals surface area contributed by atoms with Gasteiger partial charge in [0.15, 0.2) is 0 Å². The van der Waals surface area contributed by atoms with Crippen LogP contribution in [0.5, 0.6) is 0 Å². The van der Waals surface area contributed by atoms with Gasteiger partial charge in [0.1, 0.15) is 0 Å². The van der Waals surface area contributed by atoms with Crippen LogP contribution in [0, 0.1) is 11.3 Å². The number of rotatable bonds is 4. The van der Waals surface area contributed by atoms with Crippen LogP contribution in [0.15, 0.2) is 48.8 Å². The lowest BCUT2D eigenvalue weighted by atomic mass is 9.80. The predicted molar refractivity (Wildman–Crippen MR) is 109 cm³/mol. The lowest BCUT2D eigenvalue weighted by molar-refractivity contribution is 0.100. The topological polar surface area (TPSA) is 72.4 Å². The number of hydrogen-bond donors (Lipinski definition) is 2. The largest absolute Gasteiger partial charge is 0.379 e. The van der Waals surface area contributed by atoms with Crippen LogP contribution in [0.2, 0.25) is 0 Å². The van der Waals surface area contributed by atoms with Gasteiger partial charge >= 0.3 is 0 Å². The molecule has 0 radical (unpaired) electrons. The van der Waals surface area contributed by atoms with E-state index in [0.717, 1.165) is 28.8 Å². The molecule has 1 aromatic carbocycles. The van der Waals surface area contributed by atoms with E-state index in [1.54, 1.807) is 6.20 Å². The first-order valence-electron chi connectivity index (χ1n) is 9.51. The summed E-state index contributed by atoms with van der Waals surface area (Å²) in [4.78, 5) is 12.1. The number of nitrogens with two attached hydrogens (primary N) is 1. The molecule has 2 unspecified atom stereocenters. The zero-order chi connectivity index (χ0) is 19.2. The first kappa shape index (κ1) is 17.6. The van der Waals surface area contributed by atoms with Crippen LogP contribution in [0.25, 0.3) is 16.6 Å². The number of fused-ring (bicyclic) bond motifs is 1. The van der Waals surface area contributed by atoms with Gasteiger partial charge in [0.05, 0.1) is 23.0 Å². The number of anilines is 1. The Kier molecular flexibility index (Phi) is 4.17. The van der Waals surface area contributed by atoms with Crippen molar-refractivity contribution >= 4 is 17.1 Å². The van der Waals surface area contributed by atoms with Gasteiger partial charge in [-0.3, -0.25) is 4.79 Å². The second-order valence-electron chi connectivity index (χ2n) is 8.22. The van der Waals surface area contributed by atoms with Crippen LogP contribution in [0.1, 0.15) is 44.0 Å². The summed E-state index contributed by atoms with van der Waals surface area (Å²) in [6.07, 6.45) is 5.81. The Bertz CT molecular complexity index is 990. The monoisotopic (exact) mass is 362 g/mol. The number of nitrogens with one attached hydrogen (secondary N) is 1. The van der Waals surface area contributed by atoms with Crippen LogP contribution in [0.3, 0.4) is 0 Å². The van der Waals surface area contributed by atoms with Gasteiger partial charge in [-0.2, -0.15) is 5.10 Å². The molecule has 1 amide bonds. The Morgan fingerprint density at radius 1 is 1.22 bits per heavy atom. The summed E-state index contributed by atoms with van der Waals surface area (Å²) < 4.78 is 1.82. The minimum absolute atomic E-state index is 0.143. The van der Waals surface area contributed by atoms with E-state index in [1.165, 1.54) is 6.42 Å². The fourth-order valence-corrected chi connectivity index (χ4v) is 4.12. The van der Waals surface area contributed by atoms with E-state index < -0.39 is 5.91 Å². The predicted octanol–water partition coefficient (Wildman–Crippen LogP) is 4.34. The van der Waals surface area contributed by atoms with Crippen LogP contribution >= 0.6 is 0 Å². The van der Waals surface area contributed by atoms with E-state index in [4.69, 9.17) is 5.73 Å². The van der Waals surface area contributed by atoms with E-state index in [1.807, 2.05) is 28.9 Å². The lowest BCUT2D eigenvalue weighted by Crippen LogP contribution is -2.35. The third-order valence-corrected chi connectivity index (χ3v) is 6.38. The van der Waals surface area contributed by atoms with Gasteiger partial charge in [0.25, 0.3) is 5.91 Å². The molecule has 2 heterocycles. The number of carbonyl (C=O) groups excluding carboxylic acids is 1. The highest BCUT2D eigenvalue weighted by atomic mass is 16.1. The van der Waals surface area contributed by atoms with Gasteiger partial charge in [-0.25, -0.2) is 4.52 Å². The molecule has 2 atom stereocenters. The fourth-order valence-electron chi connectivity index (χ4n) is 4.12. The van der Waals surface area contributed by atoms with E-state index in [2.05, 4.69) is 49.4 Å². The van der Waals surface area contributed by atoms with Crippen molar-refractivity contribution < 1.29 is 4.79 Å². The van der Waals surface area contributed by atoms with E-state index >= 15 is 0 Å². The first-order chi connectivity index (χ1) is 12.9. The average Bonchev–Trinajstić information content (AvgIpc) is 3.19. The molecule has 5 heteroatoms. The van der Waals surface area contributed by atoms with Crippen molar-refractivity contribution in [2.75, 3.05) is 5.32 Å². The standard InChI is InChI=1S/C22H26N4O/c1-14-9-10-19(22(14,2)3)25-20-17(21(23)27)12-24-26-13-16(11-18(20)26)15-7-5-4-6-8-15/h4-8,11-14,19,25H,9-10H2,1-3H3,(H2,23,27). The Balaban J connectivity index is 1.83. The van der Waals surface area contributed by atoms with Crippen molar-refractivity contribution in [3.05, 3.63) is 54.4 Å². The number of amides is 1. The molecule has 1 saturated carbocycles. The Labute approximate surface area is 159 Å². The maximum Gasteiger partial charge on any atom is 0.252 e. The van der Waals surface area contributed by atoms with Gasteiger partial charge in [-0.05, 0) is 35.8 Å².